The number of nitrogens with two attached hydrogens (primary N) is 1. The van der Waals surface area contributed by atoms with E-state index >= 15 is 0 Å². The third-order valence-electron chi connectivity index (χ3n) is 19.6. The van der Waals surface area contributed by atoms with Crippen LogP contribution in [0.3, 0.4) is 0 Å². The predicted molar refractivity (Wildman–Crippen MR) is 475 cm³/mol. The maximum absolute atomic E-state index is 14.7. The molecule has 4 saturated heterocycles. The van der Waals surface area contributed by atoms with Gasteiger partial charge in [0.05, 0.1) is 69.4 Å². The van der Waals surface area contributed by atoms with E-state index in [9.17, 15) is 50.4 Å². The number of aliphatic carboxylic acids is 1. The molecule has 4 aliphatic rings. The molecule has 10 aromatic rings. The van der Waals surface area contributed by atoms with Gasteiger partial charge >= 0.3 is 24.3 Å². The third-order valence-corrected chi connectivity index (χ3v) is 19.7. The Morgan fingerprint density at radius 3 is 1.18 bits per heavy atom. The summed E-state index contributed by atoms with van der Waals surface area (Å²) in [7, 11) is 0. The number of rotatable bonds is 15. The number of carbonyl (C=O) groups excluding carboxylic acids is 2. The van der Waals surface area contributed by atoms with Crippen molar-refractivity contribution in [3.8, 4) is 33.8 Å². The molecule has 4 aromatic carbocycles. The quantitative estimate of drug-likeness (QED) is 0.0209. The maximum atomic E-state index is 14.7. The zero-order valence-electron chi connectivity index (χ0n) is 72.8. The van der Waals surface area contributed by atoms with Crippen molar-refractivity contribution in [3.63, 3.8) is 0 Å². The van der Waals surface area contributed by atoms with Gasteiger partial charge in [0.2, 0.25) is 17.2 Å². The van der Waals surface area contributed by atoms with Crippen LogP contribution >= 0.6 is 11.6 Å². The van der Waals surface area contributed by atoms with Gasteiger partial charge in [-0.15, -0.1) is 0 Å². The summed E-state index contributed by atoms with van der Waals surface area (Å²) in [4.78, 5) is 80.1. The minimum Gasteiger partial charge on any atom is -0.475 e. The van der Waals surface area contributed by atoms with Crippen molar-refractivity contribution in [2.45, 2.75) is 166 Å². The average molecular weight is 1780 g/mol. The van der Waals surface area contributed by atoms with E-state index in [2.05, 4.69) is 112 Å². The minimum absolute atomic E-state index is 0. The fraction of sp³-hybridized carbons (Fsp3) is 0.448. The van der Waals surface area contributed by atoms with Gasteiger partial charge in [-0.25, -0.2) is 61.8 Å². The lowest BCUT2D eigenvalue weighted by Crippen LogP contribution is -2.50. The first-order valence-electron chi connectivity index (χ1n) is 40.9. The average Bonchev–Trinajstić information content (AvgIpc) is 1.79. The van der Waals surface area contributed by atoms with E-state index in [1.54, 1.807) is 78.6 Å². The number of aromatic nitrogens is 12. The molecule has 4 fully saturated rings. The number of halogens is 8. The molecule has 0 radical (unpaired) electrons. The molecule has 0 spiro atoms. The first-order valence-corrected chi connectivity index (χ1v) is 41.2. The number of piperidine rings is 1. The predicted octanol–water partition coefficient (Wildman–Crippen LogP) is 18.0. The first-order chi connectivity index (χ1) is 59.0. The smallest absolute Gasteiger partial charge is 0.475 e. The number of carboxylic acids is 1. The highest BCUT2D eigenvalue weighted by Gasteiger charge is 2.38. The van der Waals surface area contributed by atoms with Crippen LogP contribution < -0.4 is 41.3 Å². The van der Waals surface area contributed by atoms with Crippen LogP contribution in [0.5, 0.6) is 0 Å². The lowest BCUT2D eigenvalue weighted by atomic mass is 10.1. The molecule has 14 rings (SSSR count). The second kappa shape index (κ2) is 44.4. The van der Waals surface area contributed by atoms with Crippen LogP contribution in [0, 0.1) is 54.2 Å². The molecule has 10 heterocycles. The van der Waals surface area contributed by atoms with E-state index in [4.69, 9.17) is 36.7 Å². The Bertz CT molecular complexity index is 5120. The molecule has 4 aliphatic heterocycles. The van der Waals surface area contributed by atoms with Crippen molar-refractivity contribution < 1.29 is 64.6 Å². The Hall–Kier alpha value is -12.5. The number of nitro groups is 1. The van der Waals surface area contributed by atoms with E-state index in [1.807, 2.05) is 110 Å². The number of nitro benzene ring substituents is 1. The summed E-state index contributed by atoms with van der Waals surface area (Å²) in [6.07, 6.45) is 14.3. The molecule has 126 heavy (non-hydrogen) atoms. The minimum atomic E-state index is -5.08. The standard InChI is InChI=1S/C22H27FN6.C21H26FN7.C15H20FN3O4.C15H22FN3O2.C11H13ClN4.C2HF3O2.CH4/c1-15(2)29-14-17(13-25-29)21-16(3)12-24-22(27-21)26-18-7-8-20(19(23)11-18)28-9-5-4-6-10-28;1-14(2)29-13-16(12-25-29)20-15(3)11-24-21(27-20)26-17-4-5-19(18(22)10-17)28-8-6-23-7-9-28;1-15(2,3)23-14(20)18-8-6-17(7-9-18)13-5-4-11(19(21)22)10-12(13)16;1-15(2,3)21-14(20)19-8-6-18(7-9-19)13-5-4-11(17)10-12(13)16;1-7(2)16-6-9(5-14-16)10-8(3)4-13-11(12)15-10;3-2(4,5)1(6)7;/h7-8,11-15H,4-6,9-10H2,1-3H3,(H,24,26,27);4-5,10-14,23H,6-9H2,1-3H3,(H,24,26,27);4-5,10H,6-9H2,1-3H3;4-5,10H,6-9,17H2,1-3H3;4-7H,1-3H3;(H,6,7);1H4. The highest BCUT2D eigenvalue weighted by Crippen LogP contribution is 2.33. The number of non-ortho nitro benzene ring substituents is 1. The molecule has 0 atom stereocenters. The molecule has 6 N–H and O–H groups in total. The van der Waals surface area contributed by atoms with Gasteiger partial charge in [-0.3, -0.25) is 24.2 Å². The van der Waals surface area contributed by atoms with E-state index < -0.39 is 34.1 Å². The van der Waals surface area contributed by atoms with Crippen molar-refractivity contribution in [2.75, 3.05) is 128 Å². The number of nitrogen functional groups attached to an aromatic ring is 1. The van der Waals surface area contributed by atoms with Crippen molar-refractivity contribution in [2.24, 2.45) is 0 Å². The Balaban J connectivity index is 0.000000193. The number of carbonyl (C=O) groups is 3. The molecule has 6 aromatic heterocycles. The molecule has 2 amide bonds. The fourth-order valence-corrected chi connectivity index (χ4v) is 13.2. The van der Waals surface area contributed by atoms with Gasteiger partial charge in [0, 0.05) is 187 Å². The summed E-state index contributed by atoms with van der Waals surface area (Å²) in [6, 6.07) is 19.6. The maximum Gasteiger partial charge on any atom is 0.490 e. The normalized spacial score (nSPS) is 14.2. The summed E-state index contributed by atoms with van der Waals surface area (Å²) in [5, 5.41) is 40.6. The number of nitrogens with one attached hydrogen (secondary N) is 3. The second-order valence-corrected chi connectivity index (χ2v) is 33.1. The molecule has 39 heteroatoms. The van der Waals surface area contributed by atoms with Crippen molar-refractivity contribution in [1.29, 1.82) is 0 Å². The van der Waals surface area contributed by atoms with E-state index in [0.29, 0.717) is 110 Å². The second-order valence-electron chi connectivity index (χ2n) is 32.7. The zero-order chi connectivity index (χ0) is 91.4. The van der Waals surface area contributed by atoms with Crippen LogP contribution in [0.4, 0.5) is 97.7 Å². The number of carboxylic acid groups (broad SMARTS) is 1. The van der Waals surface area contributed by atoms with E-state index in [1.165, 1.54) is 36.8 Å². The van der Waals surface area contributed by atoms with Crippen LogP contribution in [0.1, 0.15) is 145 Å². The number of benzene rings is 4. The van der Waals surface area contributed by atoms with Crippen LogP contribution in [0.2, 0.25) is 5.28 Å². The molecule has 31 nitrogen and oxygen atoms in total. The van der Waals surface area contributed by atoms with Gasteiger partial charge in [0.15, 0.2) is 5.82 Å². The summed E-state index contributed by atoms with van der Waals surface area (Å²) in [6.45, 7) is 38.3. The van der Waals surface area contributed by atoms with Crippen molar-refractivity contribution >= 4 is 87.2 Å². The monoisotopic (exact) mass is 1780 g/mol. The Labute approximate surface area is 734 Å². The lowest BCUT2D eigenvalue weighted by molar-refractivity contribution is -0.385. The Morgan fingerprint density at radius 2 is 0.841 bits per heavy atom. The van der Waals surface area contributed by atoms with Crippen LogP contribution in [-0.2, 0) is 14.3 Å². The van der Waals surface area contributed by atoms with Crippen LogP contribution in [-0.4, -0.2) is 206 Å². The van der Waals surface area contributed by atoms with Gasteiger partial charge in [-0.1, -0.05) is 7.43 Å². The molecule has 0 saturated carbocycles. The number of piperazine rings is 3. The summed E-state index contributed by atoms with van der Waals surface area (Å²) in [5.41, 5.74) is 16.2. The summed E-state index contributed by atoms with van der Waals surface area (Å²) >= 11 is 5.79. The molecule has 0 bridgehead atoms. The number of hydrogen-bond acceptors (Lipinski definition) is 24. The Morgan fingerprint density at radius 1 is 0.500 bits per heavy atom. The number of alkyl halides is 3. The summed E-state index contributed by atoms with van der Waals surface area (Å²) < 4.78 is 105. The number of amides is 2. The number of hydrogen-bond donors (Lipinski definition) is 5. The third kappa shape index (κ3) is 28.8. The molecule has 0 aliphatic carbocycles. The molecule has 680 valence electrons. The number of nitrogens with zero attached hydrogens (tertiary/aromatic N) is 19. The highest BCUT2D eigenvalue weighted by atomic mass is 35.5. The molecular formula is C87H113ClF7N23O8. The first kappa shape index (κ1) is 98.9. The van der Waals surface area contributed by atoms with E-state index in [0.717, 1.165) is 109 Å². The van der Waals surface area contributed by atoms with Gasteiger partial charge in [0.1, 0.15) is 28.7 Å². The zero-order valence-corrected chi connectivity index (χ0v) is 73.5. The number of anilines is 9. The SMILES string of the molecule is C.CC(C)(C)OC(=O)N1CCN(c2ccc(N)cc2F)CC1.CC(C)(C)OC(=O)N1CCN(c2ccc([N+](=O)[O-])cc2F)CC1.Cc1cnc(Cl)nc1-c1cnn(C(C)C)c1.Cc1cnc(Nc2ccc(N3CCCCC3)c(F)c2)nc1-c1cnn(C(C)C)c1.Cc1cnc(Nc2ccc(N3CCNCC3)c(F)c2)nc1-c1cnn(C(C)C)c1.O=C(O)C(F)(F)F. The van der Waals surface area contributed by atoms with Gasteiger partial charge < -0.3 is 65.7 Å². The largest absolute Gasteiger partial charge is 0.490 e. The van der Waals surface area contributed by atoms with Crippen molar-refractivity contribution in [3.05, 3.63) is 184 Å². The van der Waals surface area contributed by atoms with Gasteiger partial charge in [-0.05, 0) is 212 Å². The topological polar surface area (TPSA) is 345 Å². The van der Waals surface area contributed by atoms with Gasteiger partial charge in [0.25, 0.3) is 5.69 Å². The van der Waals surface area contributed by atoms with Gasteiger partial charge in [-0.2, -0.15) is 28.5 Å². The fourth-order valence-electron chi connectivity index (χ4n) is 13.1. The Kier molecular flexibility index (Phi) is 34.9. The molecule has 0 unspecified atom stereocenters. The van der Waals surface area contributed by atoms with E-state index in [-0.39, 0.29) is 60.1 Å². The van der Waals surface area contributed by atoms with Crippen LogP contribution in [0.25, 0.3) is 33.8 Å². The highest BCUT2D eigenvalue weighted by molar-refractivity contribution is 6.28. The number of aryl methyl sites for hydroxylation is 3. The summed E-state index contributed by atoms with van der Waals surface area (Å²) in [5.74, 6) is -3.33. The lowest BCUT2D eigenvalue weighted by Gasteiger charge is -2.36. The number of ether oxygens (including phenoxy) is 2. The van der Waals surface area contributed by atoms with Crippen LogP contribution in [0.15, 0.2) is 129 Å². The molecular weight excluding hydrogens is 1660 g/mol. The van der Waals surface area contributed by atoms with Crippen molar-refractivity contribution in [1.82, 2.24) is 74.4 Å².